The molecule has 0 aromatic heterocycles. The van der Waals surface area contributed by atoms with Crippen LogP contribution in [-0.4, -0.2) is 26.4 Å². The van der Waals surface area contributed by atoms with Gasteiger partial charge in [-0.1, -0.05) is 18.2 Å². The Kier molecular flexibility index (Phi) is 2.31. The standard InChI is InChI=1S/C12H10O5/c1-5-3-2-4-6-7(5)10(14)8(12(16)17)11(15)9(6)13/h2-4,13-15H,1H3,(H,16,17). The van der Waals surface area contributed by atoms with E-state index in [4.69, 9.17) is 5.11 Å². The van der Waals surface area contributed by atoms with E-state index in [1.54, 1.807) is 19.1 Å². The molecule has 5 nitrogen and oxygen atoms in total. The molecule has 0 aliphatic heterocycles. The van der Waals surface area contributed by atoms with Gasteiger partial charge in [0.1, 0.15) is 11.3 Å². The topological polar surface area (TPSA) is 98.0 Å². The minimum Gasteiger partial charge on any atom is -0.506 e. The van der Waals surface area contributed by atoms with Crippen molar-refractivity contribution in [1.82, 2.24) is 0 Å². The van der Waals surface area contributed by atoms with Crippen molar-refractivity contribution in [3.63, 3.8) is 0 Å². The number of aromatic carboxylic acids is 1. The van der Waals surface area contributed by atoms with Gasteiger partial charge in [-0.2, -0.15) is 0 Å². The third kappa shape index (κ3) is 1.44. The van der Waals surface area contributed by atoms with Gasteiger partial charge in [-0.3, -0.25) is 0 Å². The molecule has 0 saturated heterocycles. The molecule has 0 aliphatic rings. The Balaban J connectivity index is 3.07. The maximum atomic E-state index is 10.9. The highest BCUT2D eigenvalue weighted by Crippen LogP contribution is 2.44. The predicted octanol–water partition coefficient (Wildman–Crippen LogP) is 1.96. The Labute approximate surface area is 96.2 Å². The molecule has 0 fully saturated rings. The van der Waals surface area contributed by atoms with Crippen LogP contribution in [0.3, 0.4) is 0 Å². The molecule has 0 saturated carbocycles. The summed E-state index contributed by atoms with van der Waals surface area (Å²) in [6.07, 6.45) is 0. The second-order valence-corrected chi connectivity index (χ2v) is 3.72. The van der Waals surface area contributed by atoms with Crippen molar-refractivity contribution >= 4 is 16.7 Å². The van der Waals surface area contributed by atoms with Crippen molar-refractivity contribution in [1.29, 1.82) is 0 Å². The normalized spacial score (nSPS) is 10.6. The summed E-state index contributed by atoms with van der Waals surface area (Å²) in [7, 11) is 0. The second kappa shape index (κ2) is 3.55. The molecule has 0 unspecified atom stereocenters. The highest BCUT2D eigenvalue weighted by atomic mass is 16.4. The number of rotatable bonds is 1. The fourth-order valence-corrected chi connectivity index (χ4v) is 1.87. The van der Waals surface area contributed by atoms with Crippen LogP contribution in [-0.2, 0) is 0 Å². The SMILES string of the molecule is Cc1cccc2c(O)c(O)c(C(=O)O)c(O)c12. The number of phenolic OH excluding ortho intramolecular Hbond substituents is 1. The number of benzene rings is 2. The zero-order valence-corrected chi connectivity index (χ0v) is 8.93. The Morgan fingerprint density at radius 1 is 1.06 bits per heavy atom. The number of aryl methyl sites for hydroxylation is 1. The third-order valence-electron chi connectivity index (χ3n) is 2.68. The van der Waals surface area contributed by atoms with Crippen molar-refractivity contribution in [2.75, 3.05) is 0 Å². The second-order valence-electron chi connectivity index (χ2n) is 3.72. The lowest BCUT2D eigenvalue weighted by molar-refractivity contribution is 0.0690. The van der Waals surface area contributed by atoms with Crippen molar-refractivity contribution in [3.05, 3.63) is 29.3 Å². The molecule has 0 radical (unpaired) electrons. The quantitative estimate of drug-likeness (QED) is 0.446. The van der Waals surface area contributed by atoms with E-state index in [1.807, 2.05) is 0 Å². The molecule has 2 aromatic carbocycles. The van der Waals surface area contributed by atoms with Gasteiger partial charge in [0, 0.05) is 10.8 Å². The maximum Gasteiger partial charge on any atom is 0.343 e. The summed E-state index contributed by atoms with van der Waals surface area (Å²) >= 11 is 0. The fraction of sp³-hybridized carbons (Fsp3) is 0.0833. The first kappa shape index (κ1) is 11.1. The average molecular weight is 234 g/mol. The van der Waals surface area contributed by atoms with Gasteiger partial charge in [0.05, 0.1) is 0 Å². The van der Waals surface area contributed by atoms with Crippen molar-refractivity contribution in [3.8, 4) is 17.2 Å². The van der Waals surface area contributed by atoms with Crippen molar-refractivity contribution in [2.24, 2.45) is 0 Å². The summed E-state index contributed by atoms with van der Waals surface area (Å²) < 4.78 is 0. The number of aromatic hydroxyl groups is 3. The van der Waals surface area contributed by atoms with Gasteiger partial charge in [-0.15, -0.1) is 0 Å². The molecule has 0 amide bonds. The van der Waals surface area contributed by atoms with Crippen LogP contribution in [0.25, 0.3) is 10.8 Å². The van der Waals surface area contributed by atoms with Crippen LogP contribution in [0.1, 0.15) is 15.9 Å². The Hall–Kier alpha value is -2.43. The molecule has 0 aliphatic carbocycles. The van der Waals surface area contributed by atoms with Gasteiger partial charge < -0.3 is 20.4 Å². The van der Waals surface area contributed by atoms with Crippen LogP contribution in [0, 0.1) is 6.92 Å². The van der Waals surface area contributed by atoms with Gasteiger partial charge in [-0.25, -0.2) is 4.79 Å². The molecule has 0 bridgehead atoms. The monoisotopic (exact) mass is 234 g/mol. The molecule has 2 aromatic rings. The van der Waals surface area contributed by atoms with Crippen LogP contribution < -0.4 is 0 Å². The predicted molar refractivity (Wildman–Crippen MR) is 60.6 cm³/mol. The van der Waals surface area contributed by atoms with Gasteiger partial charge in [0.25, 0.3) is 0 Å². The number of fused-ring (bicyclic) bond motifs is 1. The molecule has 4 N–H and O–H groups in total. The molecule has 5 heteroatoms. The van der Waals surface area contributed by atoms with Gasteiger partial charge in [0.15, 0.2) is 11.5 Å². The molecule has 0 atom stereocenters. The molecule has 88 valence electrons. The van der Waals surface area contributed by atoms with E-state index in [1.165, 1.54) is 6.07 Å². The number of carboxylic acids is 1. The van der Waals surface area contributed by atoms with Gasteiger partial charge >= 0.3 is 5.97 Å². The summed E-state index contributed by atoms with van der Waals surface area (Å²) in [5.74, 6) is -3.41. The van der Waals surface area contributed by atoms with E-state index in [2.05, 4.69) is 0 Å². The van der Waals surface area contributed by atoms with E-state index in [0.29, 0.717) is 5.56 Å². The highest BCUT2D eigenvalue weighted by molar-refractivity contribution is 6.07. The Morgan fingerprint density at radius 2 is 1.71 bits per heavy atom. The summed E-state index contributed by atoms with van der Waals surface area (Å²) in [4.78, 5) is 10.9. The van der Waals surface area contributed by atoms with E-state index in [-0.39, 0.29) is 10.8 Å². The lowest BCUT2D eigenvalue weighted by Gasteiger charge is -2.11. The lowest BCUT2D eigenvalue weighted by atomic mass is 9.99. The van der Waals surface area contributed by atoms with Crippen molar-refractivity contribution < 1.29 is 25.2 Å². The van der Waals surface area contributed by atoms with Gasteiger partial charge in [-0.05, 0) is 12.5 Å². The molecular weight excluding hydrogens is 224 g/mol. The van der Waals surface area contributed by atoms with E-state index in [0.717, 1.165) is 0 Å². The fourth-order valence-electron chi connectivity index (χ4n) is 1.87. The molecular formula is C12H10O5. The highest BCUT2D eigenvalue weighted by Gasteiger charge is 2.23. The van der Waals surface area contributed by atoms with Crippen molar-refractivity contribution in [2.45, 2.75) is 6.92 Å². The molecule has 0 spiro atoms. The first-order valence-electron chi connectivity index (χ1n) is 4.84. The van der Waals surface area contributed by atoms with Crippen LogP contribution in [0.4, 0.5) is 0 Å². The smallest absolute Gasteiger partial charge is 0.343 e. The molecule has 17 heavy (non-hydrogen) atoms. The first-order valence-corrected chi connectivity index (χ1v) is 4.84. The van der Waals surface area contributed by atoms with Crippen LogP contribution in [0.5, 0.6) is 17.2 Å². The summed E-state index contributed by atoms with van der Waals surface area (Å²) in [5.41, 5.74) is -0.0814. The van der Waals surface area contributed by atoms with Crippen LogP contribution in [0.2, 0.25) is 0 Å². The largest absolute Gasteiger partial charge is 0.506 e. The van der Waals surface area contributed by atoms with E-state index < -0.39 is 28.8 Å². The molecule has 2 rings (SSSR count). The summed E-state index contributed by atoms with van der Waals surface area (Å²) in [5, 5.41) is 38.4. The third-order valence-corrected chi connectivity index (χ3v) is 2.68. The van der Waals surface area contributed by atoms with E-state index >= 15 is 0 Å². The summed E-state index contributed by atoms with van der Waals surface area (Å²) in [6, 6.07) is 4.80. The number of phenols is 3. The van der Waals surface area contributed by atoms with E-state index in [9.17, 15) is 20.1 Å². The van der Waals surface area contributed by atoms with Gasteiger partial charge in [0.2, 0.25) is 0 Å². The molecule has 0 heterocycles. The number of hydrogen-bond acceptors (Lipinski definition) is 4. The average Bonchev–Trinajstić information content (AvgIpc) is 2.25. The number of carbonyl (C=O) groups is 1. The zero-order valence-electron chi connectivity index (χ0n) is 8.93. The first-order chi connectivity index (χ1) is 7.95. The van der Waals surface area contributed by atoms with Crippen LogP contribution in [0.15, 0.2) is 18.2 Å². The van der Waals surface area contributed by atoms with Crippen LogP contribution >= 0.6 is 0 Å². The lowest BCUT2D eigenvalue weighted by Crippen LogP contribution is -1.99. The maximum absolute atomic E-state index is 10.9. The minimum absolute atomic E-state index is 0.213. The Bertz CT molecular complexity index is 631. The zero-order chi connectivity index (χ0) is 12.7. The minimum atomic E-state index is -1.50. The number of hydrogen-bond donors (Lipinski definition) is 4. The Morgan fingerprint density at radius 3 is 2.29 bits per heavy atom. The summed E-state index contributed by atoms with van der Waals surface area (Å²) in [6.45, 7) is 1.67. The number of carboxylic acid groups (broad SMARTS) is 1.